The maximum Gasteiger partial charge on any atom is 0.315 e. The summed E-state index contributed by atoms with van der Waals surface area (Å²) in [5.41, 5.74) is 3.47. The van der Waals surface area contributed by atoms with Gasteiger partial charge in [-0.1, -0.05) is 18.2 Å². The Hall–Kier alpha value is -1.97. The minimum absolute atomic E-state index is 0.207. The van der Waals surface area contributed by atoms with Crippen molar-refractivity contribution in [1.29, 1.82) is 0 Å². The smallest absolute Gasteiger partial charge is 0.315 e. The van der Waals surface area contributed by atoms with E-state index in [2.05, 4.69) is 30.2 Å². The lowest BCUT2D eigenvalue weighted by Crippen LogP contribution is -2.37. The zero-order valence-corrected chi connectivity index (χ0v) is 11.9. The number of benzene rings is 1. The van der Waals surface area contributed by atoms with Gasteiger partial charge < -0.3 is 15.4 Å². The van der Waals surface area contributed by atoms with Crippen molar-refractivity contribution in [3.63, 3.8) is 0 Å². The quantitative estimate of drug-likeness (QED) is 0.611. The topological polar surface area (TPSA) is 50.4 Å². The summed E-state index contributed by atoms with van der Waals surface area (Å²) in [6, 6.07) is 3.92. The lowest BCUT2D eigenvalue weighted by Gasteiger charge is -2.14. The number of hydrogen-bond donors (Lipinski definition) is 2. The third-order valence-corrected chi connectivity index (χ3v) is 2.91. The lowest BCUT2D eigenvalue weighted by atomic mass is 10.1. The summed E-state index contributed by atoms with van der Waals surface area (Å²) >= 11 is 0. The zero-order valence-electron chi connectivity index (χ0n) is 11.9. The SMILES string of the molecule is C=CCNC(=O)NCCOc1c(C)ccc(C)c1C. The van der Waals surface area contributed by atoms with Gasteiger partial charge in [-0.05, 0) is 37.5 Å². The first-order chi connectivity index (χ1) is 9.06. The Kier molecular flexibility index (Phi) is 5.93. The molecule has 0 aromatic heterocycles. The van der Waals surface area contributed by atoms with Crippen LogP contribution in [-0.2, 0) is 0 Å². The number of aryl methyl sites for hydroxylation is 2. The van der Waals surface area contributed by atoms with Gasteiger partial charge in [0.1, 0.15) is 12.4 Å². The minimum Gasteiger partial charge on any atom is -0.491 e. The summed E-state index contributed by atoms with van der Waals surface area (Å²) < 4.78 is 5.74. The molecule has 0 spiro atoms. The van der Waals surface area contributed by atoms with E-state index in [4.69, 9.17) is 4.74 Å². The van der Waals surface area contributed by atoms with Crippen LogP contribution >= 0.6 is 0 Å². The second kappa shape index (κ2) is 7.46. The van der Waals surface area contributed by atoms with Crippen molar-refractivity contribution in [2.45, 2.75) is 20.8 Å². The highest BCUT2D eigenvalue weighted by Crippen LogP contribution is 2.25. The van der Waals surface area contributed by atoms with E-state index < -0.39 is 0 Å². The second-order valence-corrected chi connectivity index (χ2v) is 4.43. The molecule has 2 N–H and O–H groups in total. The van der Waals surface area contributed by atoms with Gasteiger partial charge in [-0.25, -0.2) is 4.79 Å². The fourth-order valence-electron chi connectivity index (χ4n) is 1.69. The highest BCUT2D eigenvalue weighted by Gasteiger charge is 2.06. The summed E-state index contributed by atoms with van der Waals surface area (Å²) in [5, 5.41) is 5.36. The molecule has 0 saturated carbocycles. The van der Waals surface area contributed by atoms with E-state index >= 15 is 0 Å². The van der Waals surface area contributed by atoms with E-state index in [1.54, 1.807) is 6.08 Å². The Bertz CT molecular complexity index is 456. The van der Waals surface area contributed by atoms with Gasteiger partial charge >= 0.3 is 6.03 Å². The van der Waals surface area contributed by atoms with Crippen LogP contribution in [0.15, 0.2) is 24.8 Å². The monoisotopic (exact) mass is 262 g/mol. The maximum absolute atomic E-state index is 11.3. The minimum atomic E-state index is -0.207. The van der Waals surface area contributed by atoms with Crippen LogP contribution in [0.5, 0.6) is 5.75 Å². The van der Waals surface area contributed by atoms with Crippen molar-refractivity contribution in [2.24, 2.45) is 0 Å². The number of amides is 2. The van der Waals surface area contributed by atoms with E-state index in [1.165, 1.54) is 5.56 Å². The van der Waals surface area contributed by atoms with Gasteiger partial charge in [0.25, 0.3) is 0 Å². The van der Waals surface area contributed by atoms with E-state index in [1.807, 2.05) is 19.9 Å². The Labute approximate surface area is 114 Å². The normalized spacial score (nSPS) is 9.84. The number of rotatable bonds is 6. The van der Waals surface area contributed by atoms with E-state index in [9.17, 15) is 4.79 Å². The van der Waals surface area contributed by atoms with Crippen LogP contribution in [0.3, 0.4) is 0 Å². The Morgan fingerprint density at radius 1 is 1.26 bits per heavy atom. The maximum atomic E-state index is 11.3. The Morgan fingerprint density at radius 2 is 1.95 bits per heavy atom. The molecule has 1 aromatic carbocycles. The van der Waals surface area contributed by atoms with Crippen LogP contribution in [-0.4, -0.2) is 25.7 Å². The molecule has 2 amide bonds. The zero-order chi connectivity index (χ0) is 14.3. The van der Waals surface area contributed by atoms with Gasteiger partial charge in [-0.3, -0.25) is 0 Å². The molecule has 4 nitrogen and oxygen atoms in total. The van der Waals surface area contributed by atoms with Crippen molar-refractivity contribution in [3.05, 3.63) is 41.5 Å². The molecule has 104 valence electrons. The van der Waals surface area contributed by atoms with Crippen molar-refractivity contribution in [3.8, 4) is 5.75 Å². The molecule has 0 aliphatic carbocycles. The average Bonchev–Trinajstić information content (AvgIpc) is 2.40. The van der Waals surface area contributed by atoms with Crippen molar-refractivity contribution in [1.82, 2.24) is 10.6 Å². The van der Waals surface area contributed by atoms with Crippen molar-refractivity contribution >= 4 is 6.03 Å². The second-order valence-electron chi connectivity index (χ2n) is 4.43. The summed E-state index contributed by atoms with van der Waals surface area (Å²) in [7, 11) is 0. The number of urea groups is 1. The fourth-order valence-corrected chi connectivity index (χ4v) is 1.69. The third kappa shape index (κ3) is 4.66. The first-order valence-corrected chi connectivity index (χ1v) is 6.38. The molecule has 0 aliphatic rings. The van der Waals surface area contributed by atoms with E-state index in [-0.39, 0.29) is 6.03 Å². The van der Waals surface area contributed by atoms with Crippen LogP contribution in [0.25, 0.3) is 0 Å². The average molecular weight is 262 g/mol. The molecule has 4 heteroatoms. The molecule has 0 aliphatic heterocycles. The number of carbonyl (C=O) groups is 1. The Morgan fingerprint density at radius 3 is 2.63 bits per heavy atom. The van der Waals surface area contributed by atoms with Gasteiger partial charge in [-0.15, -0.1) is 6.58 Å². The summed E-state index contributed by atoms with van der Waals surface area (Å²) in [6.45, 7) is 11.0. The molecule has 1 rings (SSSR count). The molecule has 0 unspecified atom stereocenters. The van der Waals surface area contributed by atoms with Crippen LogP contribution in [0.1, 0.15) is 16.7 Å². The number of hydrogen-bond acceptors (Lipinski definition) is 2. The molecule has 0 fully saturated rings. The van der Waals surface area contributed by atoms with E-state index in [0.29, 0.717) is 19.7 Å². The Balaban J connectivity index is 2.40. The van der Waals surface area contributed by atoms with Crippen molar-refractivity contribution < 1.29 is 9.53 Å². The summed E-state index contributed by atoms with van der Waals surface area (Å²) in [6.07, 6.45) is 1.63. The third-order valence-electron chi connectivity index (χ3n) is 2.91. The first kappa shape index (κ1) is 15.1. The molecule has 0 bridgehead atoms. The van der Waals surface area contributed by atoms with Gasteiger partial charge in [-0.2, -0.15) is 0 Å². The van der Waals surface area contributed by atoms with Crippen LogP contribution < -0.4 is 15.4 Å². The van der Waals surface area contributed by atoms with Crippen molar-refractivity contribution in [2.75, 3.05) is 19.7 Å². The summed E-state index contributed by atoms with van der Waals surface area (Å²) in [5.74, 6) is 0.910. The van der Waals surface area contributed by atoms with Crippen LogP contribution in [0, 0.1) is 20.8 Å². The predicted molar refractivity (Wildman–Crippen MR) is 77.7 cm³/mol. The fraction of sp³-hybridized carbons (Fsp3) is 0.400. The number of ether oxygens (including phenoxy) is 1. The molecule has 0 heterocycles. The van der Waals surface area contributed by atoms with Crippen LogP contribution in [0.2, 0.25) is 0 Å². The van der Waals surface area contributed by atoms with Gasteiger partial charge in [0.2, 0.25) is 0 Å². The van der Waals surface area contributed by atoms with Crippen LogP contribution in [0.4, 0.5) is 4.79 Å². The largest absolute Gasteiger partial charge is 0.491 e. The van der Waals surface area contributed by atoms with E-state index in [0.717, 1.165) is 16.9 Å². The molecule has 19 heavy (non-hydrogen) atoms. The lowest BCUT2D eigenvalue weighted by molar-refractivity contribution is 0.237. The first-order valence-electron chi connectivity index (χ1n) is 6.38. The predicted octanol–water partition coefficient (Wildman–Crippen LogP) is 2.48. The van der Waals surface area contributed by atoms with Gasteiger partial charge in [0.15, 0.2) is 0 Å². The number of carbonyl (C=O) groups excluding carboxylic acids is 1. The molecular formula is C15H22N2O2. The highest BCUT2D eigenvalue weighted by atomic mass is 16.5. The molecule has 0 saturated heterocycles. The molecular weight excluding hydrogens is 240 g/mol. The molecule has 1 aromatic rings. The summed E-state index contributed by atoms with van der Waals surface area (Å²) in [4.78, 5) is 11.3. The standard InChI is InChI=1S/C15H22N2O2/c1-5-8-16-15(18)17-9-10-19-14-12(3)7-6-11(2)13(14)4/h5-7H,1,8-10H2,2-4H3,(H2,16,17,18). The molecule has 0 radical (unpaired) electrons. The van der Waals surface area contributed by atoms with Gasteiger partial charge in [0, 0.05) is 6.54 Å². The molecule has 0 atom stereocenters. The highest BCUT2D eigenvalue weighted by molar-refractivity contribution is 5.73. The number of nitrogens with one attached hydrogen (secondary N) is 2. The van der Waals surface area contributed by atoms with Gasteiger partial charge in [0.05, 0.1) is 6.54 Å².